The number of halogens is 2. The second kappa shape index (κ2) is 7.72. The summed E-state index contributed by atoms with van der Waals surface area (Å²) in [5.41, 5.74) is 6.24. The first kappa shape index (κ1) is 19.2. The molecule has 1 heterocycles. The predicted octanol–water partition coefficient (Wildman–Crippen LogP) is 6.81. The molecule has 3 nitrogen and oxygen atoms in total. The van der Waals surface area contributed by atoms with Crippen LogP contribution in [0, 0.1) is 12.7 Å². The average molecular weight is 406 g/mol. The standard InChI is InChI=1S/C24H21ClFN3/c1-15-6-4-9-20(25)24(15)27-18-10-11-21-19(13-18)23(29(2)3)14-22(28-21)16-7-5-8-17(26)12-16/h4-14,27H,1-3H3. The highest BCUT2D eigenvalue weighted by molar-refractivity contribution is 6.33. The van der Waals surface area contributed by atoms with Crippen LogP contribution in [0.3, 0.4) is 0 Å². The highest BCUT2D eigenvalue weighted by Crippen LogP contribution is 2.34. The lowest BCUT2D eigenvalue weighted by molar-refractivity contribution is 0.628. The molecule has 4 aromatic rings. The van der Waals surface area contributed by atoms with E-state index >= 15 is 0 Å². The van der Waals surface area contributed by atoms with Crippen LogP contribution in [0.4, 0.5) is 21.5 Å². The summed E-state index contributed by atoms with van der Waals surface area (Å²) in [5, 5.41) is 5.11. The van der Waals surface area contributed by atoms with Gasteiger partial charge in [0, 0.05) is 36.4 Å². The van der Waals surface area contributed by atoms with Crippen molar-refractivity contribution < 1.29 is 4.39 Å². The van der Waals surface area contributed by atoms with Crippen molar-refractivity contribution in [1.82, 2.24) is 4.98 Å². The third kappa shape index (κ3) is 3.89. The van der Waals surface area contributed by atoms with Gasteiger partial charge in [0.25, 0.3) is 0 Å². The molecule has 0 atom stereocenters. The minimum absolute atomic E-state index is 0.273. The number of aromatic nitrogens is 1. The number of fused-ring (bicyclic) bond motifs is 1. The van der Waals surface area contributed by atoms with Crippen molar-refractivity contribution in [1.29, 1.82) is 0 Å². The largest absolute Gasteiger partial charge is 0.377 e. The lowest BCUT2D eigenvalue weighted by atomic mass is 10.1. The fourth-order valence-electron chi connectivity index (χ4n) is 3.39. The Balaban J connectivity index is 1.82. The summed E-state index contributed by atoms with van der Waals surface area (Å²) in [6.07, 6.45) is 0. The Bertz CT molecular complexity index is 1180. The normalized spacial score (nSPS) is 10.9. The van der Waals surface area contributed by atoms with E-state index in [1.54, 1.807) is 6.07 Å². The maximum absolute atomic E-state index is 13.7. The number of hydrogen-bond donors (Lipinski definition) is 1. The number of pyridine rings is 1. The minimum Gasteiger partial charge on any atom is -0.377 e. The number of rotatable bonds is 4. The van der Waals surface area contributed by atoms with Crippen LogP contribution < -0.4 is 10.2 Å². The van der Waals surface area contributed by atoms with Crippen molar-refractivity contribution >= 4 is 39.6 Å². The van der Waals surface area contributed by atoms with Gasteiger partial charge in [-0.25, -0.2) is 9.37 Å². The zero-order valence-corrected chi connectivity index (χ0v) is 17.3. The van der Waals surface area contributed by atoms with E-state index in [0.717, 1.165) is 44.8 Å². The topological polar surface area (TPSA) is 28.2 Å². The predicted molar refractivity (Wildman–Crippen MR) is 121 cm³/mol. The second-order valence-corrected chi connectivity index (χ2v) is 7.63. The van der Waals surface area contributed by atoms with Gasteiger partial charge in [-0.1, -0.05) is 35.9 Å². The first-order chi connectivity index (χ1) is 13.9. The number of nitrogens with zero attached hydrogens (tertiary/aromatic N) is 2. The van der Waals surface area contributed by atoms with Crippen LogP contribution in [0.15, 0.2) is 66.7 Å². The van der Waals surface area contributed by atoms with Gasteiger partial charge in [-0.3, -0.25) is 0 Å². The molecule has 0 saturated heterocycles. The first-order valence-electron chi connectivity index (χ1n) is 9.32. The van der Waals surface area contributed by atoms with Gasteiger partial charge < -0.3 is 10.2 Å². The highest BCUT2D eigenvalue weighted by Gasteiger charge is 2.12. The molecule has 1 N–H and O–H groups in total. The Labute approximate surface area is 174 Å². The number of anilines is 3. The Morgan fingerprint density at radius 2 is 1.76 bits per heavy atom. The summed E-state index contributed by atoms with van der Waals surface area (Å²) in [6.45, 7) is 2.02. The molecule has 3 aromatic carbocycles. The molecule has 0 bridgehead atoms. The molecule has 0 amide bonds. The number of nitrogens with one attached hydrogen (secondary N) is 1. The molecule has 0 radical (unpaired) electrons. The summed E-state index contributed by atoms with van der Waals surface area (Å²) < 4.78 is 13.7. The molecule has 4 rings (SSSR count). The van der Waals surface area contributed by atoms with E-state index in [0.29, 0.717) is 5.02 Å². The molecule has 0 aliphatic carbocycles. The van der Waals surface area contributed by atoms with E-state index in [2.05, 4.69) is 11.4 Å². The Morgan fingerprint density at radius 1 is 0.966 bits per heavy atom. The van der Waals surface area contributed by atoms with E-state index in [4.69, 9.17) is 16.6 Å². The molecule has 0 aliphatic heterocycles. The van der Waals surface area contributed by atoms with Crippen LogP contribution >= 0.6 is 11.6 Å². The molecule has 0 fully saturated rings. The fourth-order valence-corrected chi connectivity index (χ4v) is 3.66. The van der Waals surface area contributed by atoms with Crippen LogP contribution in [-0.4, -0.2) is 19.1 Å². The number of hydrogen-bond acceptors (Lipinski definition) is 3. The van der Waals surface area contributed by atoms with Gasteiger partial charge in [0.1, 0.15) is 5.82 Å². The molecule has 0 unspecified atom stereocenters. The quantitative estimate of drug-likeness (QED) is 0.404. The van der Waals surface area contributed by atoms with Crippen molar-refractivity contribution in [2.24, 2.45) is 0 Å². The van der Waals surface area contributed by atoms with Crippen molar-refractivity contribution in [2.75, 3.05) is 24.3 Å². The molecule has 0 saturated carbocycles. The Morgan fingerprint density at radius 3 is 2.48 bits per heavy atom. The third-order valence-corrected chi connectivity index (χ3v) is 5.20. The molecule has 146 valence electrons. The summed E-state index contributed by atoms with van der Waals surface area (Å²) in [7, 11) is 3.98. The first-order valence-corrected chi connectivity index (χ1v) is 9.70. The van der Waals surface area contributed by atoms with E-state index < -0.39 is 0 Å². The molecule has 0 aliphatic rings. The molecule has 5 heteroatoms. The summed E-state index contributed by atoms with van der Waals surface area (Å²) >= 11 is 6.37. The number of aryl methyl sites for hydroxylation is 1. The molecule has 0 spiro atoms. The zero-order valence-electron chi connectivity index (χ0n) is 16.5. The van der Waals surface area contributed by atoms with Gasteiger partial charge in [-0.05, 0) is 55.0 Å². The van der Waals surface area contributed by atoms with E-state index in [9.17, 15) is 4.39 Å². The van der Waals surface area contributed by atoms with Gasteiger partial charge in [0.05, 0.1) is 21.9 Å². The Kier molecular flexibility index (Phi) is 5.12. The third-order valence-electron chi connectivity index (χ3n) is 4.88. The van der Waals surface area contributed by atoms with Crippen LogP contribution in [0.5, 0.6) is 0 Å². The van der Waals surface area contributed by atoms with Crippen molar-refractivity contribution in [3.05, 3.63) is 83.1 Å². The zero-order chi connectivity index (χ0) is 20.5. The van der Waals surface area contributed by atoms with Gasteiger partial charge in [-0.2, -0.15) is 0 Å². The van der Waals surface area contributed by atoms with E-state index in [1.807, 2.05) is 68.4 Å². The Hall–Kier alpha value is -3.11. The van der Waals surface area contributed by atoms with Gasteiger partial charge in [-0.15, -0.1) is 0 Å². The summed E-state index contributed by atoms with van der Waals surface area (Å²) in [5.74, 6) is -0.273. The molecule has 1 aromatic heterocycles. The summed E-state index contributed by atoms with van der Waals surface area (Å²) in [4.78, 5) is 6.80. The number of para-hydroxylation sites is 1. The minimum atomic E-state index is -0.273. The van der Waals surface area contributed by atoms with Crippen molar-refractivity contribution in [2.45, 2.75) is 6.92 Å². The number of benzene rings is 3. The monoisotopic (exact) mass is 405 g/mol. The lowest BCUT2D eigenvalue weighted by Gasteiger charge is -2.18. The van der Waals surface area contributed by atoms with Crippen molar-refractivity contribution in [3.63, 3.8) is 0 Å². The summed E-state index contributed by atoms with van der Waals surface area (Å²) in [6, 6.07) is 20.3. The van der Waals surface area contributed by atoms with Crippen LogP contribution in [0.1, 0.15) is 5.56 Å². The second-order valence-electron chi connectivity index (χ2n) is 7.22. The lowest BCUT2D eigenvalue weighted by Crippen LogP contribution is -2.10. The van der Waals surface area contributed by atoms with Crippen molar-refractivity contribution in [3.8, 4) is 11.3 Å². The maximum Gasteiger partial charge on any atom is 0.123 e. The van der Waals surface area contributed by atoms with Crippen LogP contribution in [0.25, 0.3) is 22.2 Å². The smallest absolute Gasteiger partial charge is 0.123 e. The molecular formula is C24H21ClFN3. The molecular weight excluding hydrogens is 385 g/mol. The SMILES string of the molecule is Cc1cccc(Cl)c1Nc1ccc2nc(-c3cccc(F)c3)cc(N(C)C)c2c1. The van der Waals surface area contributed by atoms with Crippen LogP contribution in [-0.2, 0) is 0 Å². The molecule has 29 heavy (non-hydrogen) atoms. The van der Waals surface area contributed by atoms with Crippen LogP contribution in [0.2, 0.25) is 5.02 Å². The van der Waals surface area contributed by atoms with Gasteiger partial charge in [0.15, 0.2) is 0 Å². The van der Waals surface area contributed by atoms with Gasteiger partial charge in [0.2, 0.25) is 0 Å². The highest BCUT2D eigenvalue weighted by atomic mass is 35.5. The maximum atomic E-state index is 13.7. The fraction of sp³-hybridized carbons (Fsp3) is 0.125. The van der Waals surface area contributed by atoms with E-state index in [1.165, 1.54) is 12.1 Å². The van der Waals surface area contributed by atoms with Gasteiger partial charge >= 0.3 is 0 Å². The average Bonchev–Trinajstić information content (AvgIpc) is 2.70. The van der Waals surface area contributed by atoms with E-state index in [-0.39, 0.29) is 5.82 Å².